The van der Waals surface area contributed by atoms with Crippen molar-refractivity contribution >= 4 is 12.3 Å². The highest BCUT2D eigenvalue weighted by atomic mass is 16.2. The highest BCUT2D eigenvalue weighted by molar-refractivity contribution is 5.80. The molecule has 5 nitrogen and oxygen atoms in total. The first-order chi connectivity index (χ1) is 12.4. The molecule has 1 fully saturated rings. The lowest BCUT2D eigenvalue weighted by Gasteiger charge is -2.05. The molecular formula is C21H35N3O2. The van der Waals surface area contributed by atoms with Crippen molar-refractivity contribution in [2.45, 2.75) is 66.5 Å². The van der Waals surface area contributed by atoms with Crippen molar-refractivity contribution in [2.24, 2.45) is 0 Å². The van der Waals surface area contributed by atoms with Crippen LogP contribution < -0.4 is 16.0 Å². The molecule has 0 aromatic heterocycles. The Balaban J connectivity index is 0.000000416. The molecule has 0 radical (unpaired) electrons. The van der Waals surface area contributed by atoms with E-state index in [4.69, 9.17) is 0 Å². The van der Waals surface area contributed by atoms with Gasteiger partial charge < -0.3 is 16.0 Å². The first kappa shape index (κ1) is 23.9. The van der Waals surface area contributed by atoms with Gasteiger partial charge in [-0.1, -0.05) is 64.8 Å². The van der Waals surface area contributed by atoms with Crippen LogP contribution in [0.1, 0.15) is 68.4 Å². The maximum Gasteiger partial charge on any atom is 0.319 e. The van der Waals surface area contributed by atoms with Crippen LogP contribution in [0.2, 0.25) is 0 Å². The van der Waals surface area contributed by atoms with Crippen molar-refractivity contribution in [3.63, 3.8) is 0 Å². The lowest BCUT2D eigenvalue weighted by atomic mass is 10.1. The summed E-state index contributed by atoms with van der Waals surface area (Å²) in [6, 6.07) is 5.95. The fraction of sp³-hybridized carbons (Fsp3) is 0.524. The second kappa shape index (κ2) is 14.1. The van der Waals surface area contributed by atoms with Gasteiger partial charge in [-0.05, 0) is 31.5 Å². The maximum absolute atomic E-state index is 10.7. The third-order valence-electron chi connectivity index (χ3n) is 3.90. The largest absolute Gasteiger partial charge is 0.330 e. The van der Waals surface area contributed by atoms with Gasteiger partial charge in [-0.15, -0.1) is 0 Å². The van der Waals surface area contributed by atoms with Gasteiger partial charge in [0.05, 0.1) is 6.04 Å². The highest BCUT2D eigenvalue weighted by Gasteiger charge is 2.21. The summed E-state index contributed by atoms with van der Waals surface area (Å²) >= 11 is 0. The number of benzene rings is 1. The predicted octanol–water partition coefficient (Wildman–Crippen LogP) is 4.31. The van der Waals surface area contributed by atoms with E-state index >= 15 is 0 Å². The number of amides is 2. The van der Waals surface area contributed by atoms with Gasteiger partial charge in [0.1, 0.15) is 6.29 Å². The topological polar surface area (TPSA) is 70.2 Å². The number of hydrogen-bond donors (Lipinski definition) is 3. The average molecular weight is 362 g/mol. The molecule has 0 saturated carbocycles. The molecule has 2 rings (SSSR count). The molecule has 0 bridgehead atoms. The van der Waals surface area contributed by atoms with Gasteiger partial charge in [0, 0.05) is 17.8 Å². The lowest BCUT2D eigenvalue weighted by Crippen LogP contribution is -2.25. The van der Waals surface area contributed by atoms with Crippen molar-refractivity contribution < 1.29 is 9.59 Å². The molecule has 1 heterocycles. The molecule has 0 spiro atoms. The standard InChI is InChI=1S/C11H15NO.C6H10N2O.C4H10/c1-3-12-7-10-5-4-9(2)6-11(10)8-13;1-3-5-4(2)7-6(9)8-5;1-3-4-2/h4-6,8,12H,3,7H2,1-2H3;5H,2-3H2,1H3,(H2,7,8,9);3-4H2,1-2H3. The van der Waals surface area contributed by atoms with Gasteiger partial charge >= 0.3 is 6.03 Å². The third-order valence-corrected chi connectivity index (χ3v) is 3.90. The number of hydrogen-bond acceptors (Lipinski definition) is 3. The SMILES string of the molecule is C=C1NC(=O)NC1CC.CCCC.CCNCc1ccc(C)cc1C=O. The van der Waals surface area contributed by atoms with Crippen molar-refractivity contribution in [1.29, 1.82) is 0 Å². The fourth-order valence-electron chi connectivity index (χ4n) is 2.11. The Hall–Kier alpha value is -2.14. The van der Waals surface area contributed by atoms with Gasteiger partial charge in [-0.2, -0.15) is 0 Å². The quantitative estimate of drug-likeness (QED) is 0.661. The molecule has 2 amide bonds. The number of rotatable bonds is 6. The van der Waals surface area contributed by atoms with Crippen molar-refractivity contribution in [3.8, 4) is 0 Å². The molecule has 1 unspecified atom stereocenters. The zero-order valence-electron chi connectivity index (χ0n) is 16.9. The summed E-state index contributed by atoms with van der Waals surface area (Å²) in [6.45, 7) is 15.8. The van der Waals surface area contributed by atoms with Gasteiger partial charge in [-0.25, -0.2) is 4.79 Å². The minimum atomic E-state index is -0.133. The zero-order chi connectivity index (χ0) is 19.9. The Morgan fingerprint density at radius 1 is 1.19 bits per heavy atom. The lowest BCUT2D eigenvalue weighted by molar-refractivity contribution is 0.112. The van der Waals surface area contributed by atoms with E-state index in [1.807, 2.05) is 32.0 Å². The molecule has 1 aromatic rings. The first-order valence-electron chi connectivity index (χ1n) is 9.44. The Kier molecular flexibility index (Phi) is 12.9. The third kappa shape index (κ3) is 9.37. The molecule has 5 heteroatoms. The van der Waals surface area contributed by atoms with Crippen LogP contribution in [0.5, 0.6) is 0 Å². The monoisotopic (exact) mass is 361 g/mol. The Morgan fingerprint density at radius 2 is 1.85 bits per heavy atom. The Labute approximate surface area is 158 Å². The Bertz CT molecular complexity index is 568. The fourth-order valence-corrected chi connectivity index (χ4v) is 2.11. The maximum atomic E-state index is 10.7. The molecule has 1 aliphatic rings. The second-order valence-electron chi connectivity index (χ2n) is 6.18. The first-order valence-corrected chi connectivity index (χ1v) is 9.44. The van der Waals surface area contributed by atoms with Gasteiger partial charge in [0.2, 0.25) is 0 Å². The highest BCUT2D eigenvalue weighted by Crippen LogP contribution is 2.09. The number of aryl methyl sites for hydroxylation is 1. The molecule has 3 N–H and O–H groups in total. The van der Waals surface area contributed by atoms with Gasteiger partial charge in [0.25, 0.3) is 0 Å². The minimum absolute atomic E-state index is 0.133. The van der Waals surface area contributed by atoms with Gasteiger partial charge in [-0.3, -0.25) is 4.79 Å². The normalized spacial score (nSPS) is 15.0. The number of unbranched alkanes of at least 4 members (excludes halogenated alkanes) is 1. The van der Waals surface area contributed by atoms with Crippen LogP contribution in [0.4, 0.5) is 4.79 Å². The van der Waals surface area contributed by atoms with E-state index in [9.17, 15) is 9.59 Å². The van der Waals surface area contributed by atoms with Crippen molar-refractivity contribution in [3.05, 3.63) is 47.2 Å². The van der Waals surface area contributed by atoms with E-state index in [1.54, 1.807) is 0 Å². The van der Waals surface area contributed by atoms with Crippen LogP contribution in [-0.4, -0.2) is 24.9 Å². The molecule has 26 heavy (non-hydrogen) atoms. The average Bonchev–Trinajstić information content (AvgIpc) is 2.98. The summed E-state index contributed by atoms with van der Waals surface area (Å²) in [5, 5.41) is 8.48. The second-order valence-corrected chi connectivity index (χ2v) is 6.18. The van der Waals surface area contributed by atoms with E-state index in [-0.39, 0.29) is 12.1 Å². The van der Waals surface area contributed by atoms with E-state index in [1.165, 1.54) is 12.8 Å². The van der Waals surface area contributed by atoms with Crippen molar-refractivity contribution in [2.75, 3.05) is 6.54 Å². The molecule has 1 saturated heterocycles. The molecular weight excluding hydrogens is 326 g/mol. The van der Waals surface area contributed by atoms with E-state index in [2.05, 4.69) is 43.3 Å². The van der Waals surface area contributed by atoms with E-state index < -0.39 is 0 Å². The van der Waals surface area contributed by atoms with Crippen LogP contribution in [-0.2, 0) is 6.54 Å². The molecule has 1 atom stereocenters. The zero-order valence-corrected chi connectivity index (χ0v) is 16.9. The molecule has 0 aliphatic carbocycles. The summed E-state index contributed by atoms with van der Waals surface area (Å²) in [4.78, 5) is 21.3. The number of carbonyl (C=O) groups excluding carboxylic acids is 2. The number of urea groups is 1. The minimum Gasteiger partial charge on any atom is -0.330 e. The van der Waals surface area contributed by atoms with Crippen molar-refractivity contribution in [1.82, 2.24) is 16.0 Å². The summed E-state index contributed by atoms with van der Waals surface area (Å²) in [6.07, 6.45) is 4.46. The number of aldehydes is 1. The van der Waals surface area contributed by atoms with E-state index in [0.29, 0.717) is 0 Å². The summed E-state index contributed by atoms with van der Waals surface area (Å²) in [5.74, 6) is 0. The van der Waals surface area contributed by atoms with E-state index in [0.717, 1.165) is 48.2 Å². The number of carbonyl (C=O) groups is 2. The smallest absolute Gasteiger partial charge is 0.319 e. The predicted molar refractivity (Wildman–Crippen MR) is 109 cm³/mol. The summed E-state index contributed by atoms with van der Waals surface area (Å²) in [5.41, 5.74) is 3.77. The number of nitrogens with one attached hydrogen (secondary N) is 3. The molecule has 1 aromatic carbocycles. The van der Waals surface area contributed by atoms with Crippen LogP contribution in [0, 0.1) is 6.92 Å². The van der Waals surface area contributed by atoms with Crippen LogP contribution in [0.15, 0.2) is 30.5 Å². The van der Waals surface area contributed by atoms with Crippen LogP contribution >= 0.6 is 0 Å². The van der Waals surface area contributed by atoms with Crippen LogP contribution in [0.25, 0.3) is 0 Å². The summed E-state index contributed by atoms with van der Waals surface area (Å²) < 4.78 is 0. The summed E-state index contributed by atoms with van der Waals surface area (Å²) in [7, 11) is 0. The molecule has 1 aliphatic heterocycles. The van der Waals surface area contributed by atoms with Crippen LogP contribution in [0.3, 0.4) is 0 Å². The Morgan fingerprint density at radius 3 is 2.23 bits per heavy atom. The molecule has 146 valence electrons. The van der Waals surface area contributed by atoms with Gasteiger partial charge in [0.15, 0.2) is 0 Å².